The van der Waals surface area contributed by atoms with Crippen molar-refractivity contribution in [2.24, 2.45) is 0 Å². The van der Waals surface area contributed by atoms with Crippen LogP contribution in [0.25, 0.3) is 0 Å². The van der Waals surface area contributed by atoms with Crippen LogP contribution in [0.2, 0.25) is 0 Å². The molecule has 0 spiro atoms. The maximum Gasteiger partial charge on any atom is 0.371 e. The monoisotopic (exact) mass is 183 g/mol. The highest BCUT2D eigenvalue weighted by Gasteiger charge is 2.12. The van der Waals surface area contributed by atoms with Crippen LogP contribution in [-0.4, -0.2) is 30.1 Å². The number of carboxylic acid groups (broad SMARTS) is 1. The SMILES string of the molecule is Cc1oc(C(=O)O)cc1CN(C)C. The standard InChI is InChI=1S/C9H13NO3/c1-6-7(5-10(2)3)4-8(13-6)9(11)12/h4H,5H2,1-3H3,(H,11,12). The van der Waals surface area contributed by atoms with Gasteiger partial charge in [-0.2, -0.15) is 0 Å². The lowest BCUT2D eigenvalue weighted by Gasteiger charge is -2.06. The van der Waals surface area contributed by atoms with Gasteiger partial charge in [-0.3, -0.25) is 0 Å². The van der Waals surface area contributed by atoms with Gasteiger partial charge in [0.1, 0.15) is 5.76 Å². The quantitative estimate of drug-likeness (QED) is 0.768. The van der Waals surface area contributed by atoms with Crippen LogP contribution in [-0.2, 0) is 6.54 Å². The van der Waals surface area contributed by atoms with Crippen LogP contribution in [0.4, 0.5) is 0 Å². The molecule has 0 saturated heterocycles. The van der Waals surface area contributed by atoms with Crippen LogP contribution < -0.4 is 0 Å². The van der Waals surface area contributed by atoms with E-state index in [2.05, 4.69) is 0 Å². The number of aromatic carboxylic acids is 1. The summed E-state index contributed by atoms with van der Waals surface area (Å²) in [7, 11) is 3.85. The average molecular weight is 183 g/mol. The minimum absolute atomic E-state index is 0.00866. The molecule has 0 aliphatic heterocycles. The van der Waals surface area contributed by atoms with Crippen LogP contribution in [0.1, 0.15) is 21.9 Å². The van der Waals surface area contributed by atoms with E-state index < -0.39 is 5.97 Å². The molecule has 0 radical (unpaired) electrons. The van der Waals surface area contributed by atoms with E-state index in [1.807, 2.05) is 19.0 Å². The second-order valence-electron chi connectivity index (χ2n) is 3.24. The second kappa shape index (κ2) is 3.62. The number of nitrogens with zero attached hydrogens (tertiary/aromatic N) is 1. The molecule has 0 unspecified atom stereocenters. The molecule has 0 amide bonds. The third-order valence-corrected chi connectivity index (χ3v) is 1.72. The zero-order valence-electron chi connectivity index (χ0n) is 8.00. The summed E-state index contributed by atoms with van der Waals surface area (Å²) in [6.07, 6.45) is 0. The van der Waals surface area contributed by atoms with Gasteiger partial charge in [-0.15, -0.1) is 0 Å². The first kappa shape index (κ1) is 9.80. The fourth-order valence-electron chi connectivity index (χ4n) is 1.12. The van der Waals surface area contributed by atoms with Crippen LogP contribution in [0.5, 0.6) is 0 Å². The van der Waals surface area contributed by atoms with Crippen molar-refractivity contribution in [1.29, 1.82) is 0 Å². The van der Waals surface area contributed by atoms with Gasteiger partial charge in [0.15, 0.2) is 0 Å². The van der Waals surface area contributed by atoms with E-state index in [0.717, 1.165) is 5.56 Å². The Morgan fingerprint density at radius 1 is 1.62 bits per heavy atom. The van der Waals surface area contributed by atoms with Crippen molar-refractivity contribution in [2.45, 2.75) is 13.5 Å². The van der Waals surface area contributed by atoms with Gasteiger partial charge in [0.25, 0.3) is 0 Å². The summed E-state index contributed by atoms with van der Waals surface area (Å²) in [6, 6.07) is 1.57. The fourth-order valence-corrected chi connectivity index (χ4v) is 1.12. The Morgan fingerprint density at radius 2 is 2.23 bits per heavy atom. The minimum atomic E-state index is -1.02. The van der Waals surface area contributed by atoms with E-state index in [1.165, 1.54) is 0 Å². The Labute approximate surface area is 76.8 Å². The van der Waals surface area contributed by atoms with Crippen LogP contribution in [0.15, 0.2) is 10.5 Å². The van der Waals surface area contributed by atoms with Crippen LogP contribution in [0, 0.1) is 6.92 Å². The molecule has 13 heavy (non-hydrogen) atoms. The topological polar surface area (TPSA) is 53.7 Å². The molecule has 0 aromatic carbocycles. The number of aryl methyl sites for hydroxylation is 1. The first-order valence-electron chi connectivity index (χ1n) is 3.98. The van der Waals surface area contributed by atoms with Gasteiger partial charge in [-0.25, -0.2) is 4.79 Å². The van der Waals surface area contributed by atoms with Crippen molar-refractivity contribution < 1.29 is 14.3 Å². The van der Waals surface area contributed by atoms with E-state index in [4.69, 9.17) is 9.52 Å². The van der Waals surface area contributed by atoms with Gasteiger partial charge in [0.05, 0.1) is 0 Å². The Hall–Kier alpha value is -1.29. The molecule has 1 heterocycles. The van der Waals surface area contributed by atoms with Crippen molar-refractivity contribution in [3.8, 4) is 0 Å². The maximum absolute atomic E-state index is 10.5. The number of hydrogen-bond acceptors (Lipinski definition) is 3. The lowest BCUT2D eigenvalue weighted by molar-refractivity contribution is 0.0661. The summed E-state index contributed by atoms with van der Waals surface area (Å²) >= 11 is 0. The highest BCUT2D eigenvalue weighted by atomic mass is 16.4. The van der Waals surface area contributed by atoms with E-state index in [9.17, 15) is 4.79 Å². The number of carboxylic acids is 1. The summed E-state index contributed by atoms with van der Waals surface area (Å²) < 4.78 is 5.05. The predicted molar refractivity (Wildman–Crippen MR) is 47.8 cm³/mol. The number of rotatable bonds is 3. The molecule has 0 fully saturated rings. The number of carbonyl (C=O) groups is 1. The highest BCUT2D eigenvalue weighted by Crippen LogP contribution is 2.15. The molecule has 4 nitrogen and oxygen atoms in total. The Balaban J connectivity index is 2.90. The van der Waals surface area contributed by atoms with Gasteiger partial charge >= 0.3 is 5.97 Å². The van der Waals surface area contributed by atoms with Gasteiger partial charge in [-0.1, -0.05) is 0 Å². The van der Waals surface area contributed by atoms with E-state index in [1.54, 1.807) is 13.0 Å². The molecule has 72 valence electrons. The third-order valence-electron chi connectivity index (χ3n) is 1.72. The molecule has 0 bridgehead atoms. The average Bonchev–Trinajstić information content (AvgIpc) is 2.31. The van der Waals surface area contributed by atoms with E-state index >= 15 is 0 Å². The second-order valence-corrected chi connectivity index (χ2v) is 3.24. The summed E-state index contributed by atoms with van der Waals surface area (Å²) in [6.45, 7) is 2.47. The fraction of sp³-hybridized carbons (Fsp3) is 0.444. The van der Waals surface area contributed by atoms with Gasteiger partial charge in [-0.05, 0) is 27.1 Å². The minimum Gasteiger partial charge on any atom is -0.475 e. The van der Waals surface area contributed by atoms with E-state index in [-0.39, 0.29) is 5.76 Å². The molecule has 0 saturated carbocycles. The Bertz CT molecular complexity index is 315. The molecular formula is C9H13NO3. The number of furan rings is 1. The van der Waals surface area contributed by atoms with Crippen LogP contribution in [0.3, 0.4) is 0 Å². The normalized spacial score (nSPS) is 10.8. The van der Waals surface area contributed by atoms with Crippen molar-refractivity contribution >= 4 is 5.97 Å². The smallest absolute Gasteiger partial charge is 0.371 e. The lowest BCUT2D eigenvalue weighted by atomic mass is 10.2. The summed E-state index contributed by atoms with van der Waals surface area (Å²) in [5, 5.41) is 8.65. The van der Waals surface area contributed by atoms with Crippen molar-refractivity contribution in [3.63, 3.8) is 0 Å². The summed E-state index contributed by atoms with van der Waals surface area (Å²) in [5.74, 6) is -0.339. The van der Waals surface area contributed by atoms with Crippen LogP contribution >= 0.6 is 0 Å². The summed E-state index contributed by atoms with van der Waals surface area (Å²) in [4.78, 5) is 12.5. The van der Waals surface area contributed by atoms with Crippen molar-refractivity contribution in [1.82, 2.24) is 4.90 Å². The highest BCUT2D eigenvalue weighted by molar-refractivity contribution is 5.84. The Kier molecular flexibility index (Phi) is 2.72. The number of hydrogen-bond donors (Lipinski definition) is 1. The zero-order valence-corrected chi connectivity index (χ0v) is 8.00. The molecule has 1 N–H and O–H groups in total. The largest absolute Gasteiger partial charge is 0.475 e. The van der Waals surface area contributed by atoms with E-state index in [0.29, 0.717) is 12.3 Å². The molecule has 1 aromatic heterocycles. The van der Waals surface area contributed by atoms with Gasteiger partial charge < -0.3 is 14.4 Å². The Morgan fingerprint density at radius 3 is 2.62 bits per heavy atom. The molecule has 0 atom stereocenters. The molecule has 4 heteroatoms. The molecule has 0 aliphatic carbocycles. The summed E-state index contributed by atoms with van der Waals surface area (Å²) in [5.41, 5.74) is 0.919. The van der Waals surface area contributed by atoms with Gasteiger partial charge in [0, 0.05) is 12.1 Å². The van der Waals surface area contributed by atoms with Crippen molar-refractivity contribution in [2.75, 3.05) is 14.1 Å². The van der Waals surface area contributed by atoms with Crippen molar-refractivity contribution in [3.05, 3.63) is 23.2 Å². The molecule has 1 rings (SSSR count). The van der Waals surface area contributed by atoms with Gasteiger partial charge in [0.2, 0.25) is 5.76 Å². The first-order valence-corrected chi connectivity index (χ1v) is 3.98. The maximum atomic E-state index is 10.5. The third kappa shape index (κ3) is 2.32. The lowest BCUT2D eigenvalue weighted by Crippen LogP contribution is -2.10. The molecule has 1 aromatic rings. The predicted octanol–water partition coefficient (Wildman–Crippen LogP) is 1.35. The first-order chi connectivity index (χ1) is 6.00. The molecule has 0 aliphatic rings. The zero-order chi connectivity index (χ0) is 10.0. The molecular weight excluding hydrogens is 170 g/mol.